The average molecular weight is 584 g/mol. The third-order valence-corrected chi connectivity index (χ3v) is 6.94. The smallest absolute Gasteiger partial charge is 0.246 e. The fraction of sp³-hybridized carbons (Fsp3) is 0.250. The number of anilines is 1. The second-order valence-corrected chi connectivity index (χ2v) is 9.65. The molecule has 4 aromatic rings. The number of nitrogens with zero attached hydrogens (tertiary/aromatic N) is 5. The zero-order valence-electron chi connectivity index (χ0n) is 22.5. The molecular formula is C28H25F4N7O3. The topological polar surface area (TPSA) is 128 Å². The maximum atomic E-state index is 14.2. The van der Waals surface area contributed by atoms with Gasteiger partial charge < -0.3 is 20.7 Å². The molecule has 1 saturated heterocycles. The highest BCUT2D eigenvalue weighted by Gasteiger charge is 2.29. The minimum Gasteiger partial charge on any atom is -0.451 e. The van der Waals surface area contributed by atoms with E-state index in [1.165, 1.54) is 37.7 Å². The van der Waals surface area contributed by atoms with Crippen molar-refractivity contribution in [2.75, 3.05) is 25.9 Å². The van der Waals surface area contributed by atoms with Crippen LogP contribution in [0.1, 0.15) is 24.4 Å². The van der Waals surface area contributed by atoms with Crippen LogP contribution in [-0.4, -0.2) is 56.6 Å². The zero-order valence-corrected chi connectivity index (χ0v) is 22.5. The minimum atomic E-state index is -1.66. The molecular weight excluding hydrogens is 558 g/mol. The van der Waals surface area contributed by atoms with Gasteiger partial charge in [0.05, 0.1) is 11.4 Å². The lowest BCUT2D eigenvalue weighted by Crippen LogP contribution is -2.40. The van der Waals surface area contributed by atoms with Crippen LogP contribution in [0.4, 0.5) is 23.4 Å². The van der Waals surface area contributed by atoms with Crippen molar-refractivity contribution in [3.63, 3.8) is 0 Å². The Balaban J connectivity index is 1.49. The van der Waals surface area contributed by atoms with Gasteiger partial charge in [-0.1, -0.05) is 0 Å². The number of aromatic nitrogens is 4. The summed E-state index contributed by atoms with van der Waals surface area (Å²) in [6.45, 7) is 2.50. The first kappa shape index (κ1) is 28.5. The van der Waals surface area contributed by atoms with E-state index in [0.717, 1.165) is 0 Å². The van der Waals surface area contributed by atoms with Gasteiger partial charge in [0.2, 0.25) is 29.2 Å². The number of benzene rings is 2. The molecule has 2 aromatic carbocycles. The monoisotopic (exact) mass is 583 g/mol. The Morgan fingerprint density at radius 3 is 2.52 bits per heavy atom. The number of aryl methyl sites for hydroxylation is 1. The molecule has 218 valence electrons. The largest absolute Gasteiger partial charge is 0.451 e. The number of fused-ring (bicyclic) bond motifs is 1. The van der Waals surface area contributed by atoms with Crippen molar-refractivity contribution in [2.45, 2.75) is 25.8 Å². The number of likely N-dealkylation sites (tertiary alicyclic amines) is 1. The number of carbonyl (C=O) groups is 2. The molecule has 0 bridgehead atoms. The number of carbonyl (C=O) groups excluding carboxylic acids is 2. The number of likely N-dealkylation sites (N-methyl/N-ethyl adjacent to an activating group) is 1. The summed E-state index contributed by atoms with van der Waals surface area (Å²) in [6, 6.07) is 4.20. The first-order valence-electron chi connectivity index (χ1n) is 12.9. The highest BCUT2D eigenvalue weighted by atomic mass is 19.2. The molecule has 10 nitrogen and oxygen atoms in total. The van der Waals surface area contributed by atoms with Gasteiger partial charge in [0.1, 0.15) is 23.6 Å². The van der Waals surface area contributed by atoms with Crippen LogP contribution in [0.25, 0.3) is 22.3 Å². The van der Waals surface area contributed by atoms with Crippen molar-refractivity contribution in [3.05, 3.63) is 71.6 Å². The molecule has 1 aliphatic heterocycles. The molecule has 3 N–H and O–H groups in total. The lowest BCUT2D eigenvalue weighted by molar-refractivity contribution is -0.128. The van der Waals surface area contributed by atoms with E-state index in [-0.39, 0.29) is 29.6 Å². The van der Waals surface area contributed by atoms with Crippen LogP contribution in [0, 0.1) is 30.2 Å². The summed E-state index contributed by atoms with van der Waals surface area (Å²) >= 11 is 0. The summed E-state index contributed by atoms with van der Waals surface area (Å²) in [6.07, 6.45) is 5.07. The van der Waals surface area contributed by atoms with Gasteiger partial charge in [-0.05, 0) is 43.5 Å². The van der Waals surface area contributed by atoms with Crippen molar-refractivity contribution in [1.29, 1.82) is 0 Å². The van der Waals surface area contributed by atoms with E-state index in [4.69, 9.17) is 15.6 Å². The van der Waals surface area contributed by atoms with E-state index in [9.17, 15) is 27.2 Å². The van der Waals surface area contributed by atoms with Crippen molar-refractivity contribution < 1.29 is 31.9 Å². The molecule has 2 aromatic heterocycles. The van der Waals surface area contributed by atoms with Crippen LogP contribution in [-0.2, 0) is 9.59 Å². The number of nitrogens with two attached hydrogens (primary N) is 1. The lowest BCUT2D eigenvalue weighted by atomic mass is 10.0. The van der Waals surface area contributed by atoms with Crippen molar-refractivity contribution in [2.24, 2.45) is 0 Å². The first-order valence-corrected chi connectivity index (χ1v) is 12.9. The SMILES string of the molecule is CNC(=O)/C=C/C(=O)N1CCCC(n2nc(-c3ccc(Oc4c(F)c(F)cc(F)c4F)cc3C)c3c(N)ncnc32)C1. The van der Waals surface area contributed by atoms with Gasteiger partial charge >= 0.3 is 0 Å². The van der Waals surface area contributed by atoms with Crippen molar-refractivity contribution >= 4 is 28.7 Å². The van der Waals surface area contributed by atoms with Gasteiger partial charge in [0.25, 0.3) is 0 Å². The zero-order chi connectivity index (χ0) is 30.1. The molecule has 0 aliphatic carbocycles. The summed E-state index contributed by atoms with van der Waals surface area (Å²) in [5, 5.41) is 7.69. The van der Waals surface area contributed by atoms with E-state index in [0.29, 0.717) is 53.8 Å². The van der Waals surface area contributed by atoms with Crippen molar-refractivity contribution in [3.8, 4) is 22.8 Å². The Morgan fingerprint density at radius 2 is 1.83 bits per heavy atom. The number of halogens is 4. The van der Waals surface area contributed by atoms with Crippen LogP contribution in [0.2, 0.25) is 0 Å². The molecule has 5 rings (SSSR count). The third-order valence-electron chi connectivity index (χ3n) is 6.94. The molecule has 3 heterocycles. The van der Waals surface area contributed by atoms with E-state index in [2.05, 4.69) is 15.3 Å². The Hall–Kier alpha value is -5.01. The van der Waals surface area contributed by atoms with E-state index in [1.807, 2.05) is 0 Å². The molecule has 1 unspecified atom stereocenters. The molecule has 42 heavy (non-hydrogen) atoms. The Labute approximate surface area is 236 Å². The number of rotatable bonds is 6. The van der Waals surface area contributed by atoms with E-state index in [1.54, 1.807) is 22.6 Å². The fourth-order valence-corrected chi connectivity index (χ4v) is 4.85. The van der Waals surface area contributed by atoms with Crippen LogP contribution in [0.3, 0.4) is 0 Å². The average Bonchev–Trinajstić information content (AvgIpc) is 3.37. The number of piperidine rings is 1. The number of hydrogen-bond acceptors (Lipinski definition) is 7. The normalized spacial score (nSPS) is 15.4. The molecule has 1 aliphatic rings. The number of hydrogen-bond donors (Lipinski definition) is 2. The van der Waals surface area contributed by atoms with Crippen LogP contribution >= 0.6 is 0 Å². The number of ether oxygens (including phenoxy) is 1. The predicted octanol–water partition coefficient (Wildman–Crippen LogP) is 4.20. The van der Waals surface area contributed by atoms with Gasteiger partial charge in [-0.15, -0.1) is 0 Å². The number of nitrogens with one attached hydrogen (secondary N) is 1. The van der Waals surface area contributed by atoms with Crippen LogP contribution < -0.4 is 15.8 Å². The predicted molar refractivity (Wildman–Crippen MR) is 144 cm³/mol. The van der Waals surface area contributed by atoms with Crippen molar-refractivity contribution in [1.82, 2.24) is 30.0 Å². The maximum Gasteiger partial charge on any atom is 0.246 e. The second kappa shape index (κ2) is 11.5. The summed E-state index contributed by atoms with van der Waals surface area (Å²) in [7, 11) is 1.47. The molecule has 1 atom stereocenters. The Morgan fingerprint density at radius 1 is 1.10 bits per heavy atom. The van der Waals surface area contributed by atoms with Gasteiger partial charge in [-0.25, -0.2) is 23.4 Å². The van der Waals surface area contributed by atoms with Gasteiger partial charge in [0.15, 0.2) is 17.3 Å². The molecule has 0 saturated carbocycles. The van der Waals surface area contributed by atoms with E-state index < -0.39 is 34.9 Å². The standard InChI is InChI=1S/C28H25F4N7O3/c1-14-10-16(42-26-23(31)18(29)11-19(30)24(26)32)5-6-17(14)25-22-27(33)35-13-36-28(22)39(37-25)15-4-3-9-38(12-15)21(41)8-7-20(40)34-2/h5-8,10-11,13,15H,3-4,9,12H2,1-2H3,(H,34,40)(H2,33,35,36)/b8-7+. The quantitative estimate of drug-likeness (QED) is 0.198. The molecule has 1 fully saturated rings. The highest BCUT2D eigenvalue weighted by molar-refractivity contribution is 5.99. The van der Waals surface area contributed by atoms with Gasteiger partial charge in [-0.3, -0.25) is 9.59 Å². The van der Waals surface area contributed by atoms with E-state index >= 15 is 0 Å². The van der Waals surface area contributed by atoms with Crippen LogP contribution in [0.15, 0.2) is 42.7 Å². The molecule has 14 heteroatoms. The fourth-order valence-electron chi connectivity index (χ4n) is 4.85. The molecule has 0 spiro atoms. The minimum absolute atomic E-state index is 0.0711. The summed E-state index contributed by atoms with van der Waals surface area (Å²) in [4.78, 5) is 34.4. The Bertz CT molecular complexity index is 1710. The summed E-state index contributed by atoms with van der Waals surface area (Å²) in [5.74, 6) is -8.30. The first-order chi connectivity index (χ1) is 20.1. The van der Waals surface area contributed by atoms with Gasteiger partial charge in [-0.2, -0.15) is 13.9 Å². The van der Waals surface area contributed by atoms with Crippen LogP contribution in [0.5, 0.6) is 11.5 Å². The van der Waals surface area contributed by atoms with Gasteiger partial charge in [0, 0.05) is 43.9 Å². The number of amides is 2. The lowest BCUT2D eigenvalue weighted by Gasteiger charge is -2.32. The number of nitrogen functional groups attached to an aromatic ring is 1. The third kappa shape index (κ3) is 5.34. The maximum absolute atomic E-state index is 14.2. The second-order valence-electron chi connectivity index (χ2n) is 9.65. The highest BCUT2D eigenvalue weighted by Crippen LogP contribution is 2.37. The molecule has 2 amide bonds. The summed E-state index contributed by atoms with van der Waals surface area (Å²) < 4.78 is 62.5. The Kier molecular flexibility index (Phi) is 7.79. The molecule has 0 radical (unpaired) electrons. The summed E-state index contributed by atoms with van der Waals surface area (Å²) in [5.41, 5.74) is 8.21.